The standard InChI is InChI=1S/C9H8FN3/c1-13-6-5-11-9(13)7-3-2-4-8(10)12-7/h2-6H,1H3. The van der Waals surface area contributed by atoms with Crippen LogP contribution in [0, 0.1) is 5.95 Å². The fourth-order valence-electron chi connectivity index (χ4n) is 1.15. The highest BCUT2D eigenvalue weighted by Gasteiger charge is 2.04. The van der Waals surface area contributed by atoms with E-state index in [0.717, 1.165) is 0 Å². The third kappa shape index (κ3) is 1.42. The number of rotatable bonds is 1. The average molecular weight is 177 g/mol. The van der Waals surface area contributed by atoms with Gasteiger partial charge in [-0.3, -0.25) is 0 Å². The molecule has 66 valence electrons. The Kier molecular flexibility index (Phi) is 1.81. The van der Waals surface area contributed by atoms with Crippen LogP contribution >= 0.6 is 0 Å². The molecular formula is C9H8FN3. The van der Waals surface area contributed by atoms with E-state index in [2.05, 4.69) is 9.97 Å². The van der Waals surface area contributed by atoms with Gasteiger partial charge in [0.05, 0.1) is 0 Å². The first-order chi connectivity index (χ1) is 6.27. The van der Waals surface area contributed by atoms with Gasteiger partial charge < -0.3 is 4.57 Å². The molecule has 0 N–H and O–H groups in total. The Morgan fingerprint density at radius 1 is 1.38 bits per heavy atom. The van der Waals surface area contributed by atoms with Crippen LogP contribution in [0.3, 0.4) is 0 Å². The number of aromatic nitrogens is 3. The van der Waals surface area contributed by atoms with Gasteiger partial charge in [0.25, 0.3) is 0 Å². The zero-order valence-corrected chi connectivity index (χ0v) is 7.11. The van der Waals surface area contributed by atoms with Crippen molar-refractivity contribution in [3.05, 3.63) is 36.5 Å². The fraction of sp³-hybridized carbons (Fsp3) is 0.111. The quantitative estimate of drug-likeness (QED) is 0.620. The van der Waals surface area contributed by atoms with Crippen LogP contribution < -0.4 is 0 Å². The molecule has 2 rings (SSSR count). The summed E-state index contributed by atoms with van der Waals surface area (Å²) in [6.45, 7) is 0. The van der Waals surface area contributed by atoms with Gasteiger partial charge in [-0.05, 0) is 12.1 Å². The largest absolute Gasteiger partial charge is 0.333 e. The van der Waals surface area contributed by atoms with E-state index >= 15 is 0 Å². The minimum Gasteiger partial charge on any atom is -0.333 e. The van der Waals surface area contributed by atoms with Gasteiger partial charge in [-0.15, -0.1) is 0 Å². The lowest BCUT2D eigenvalue weighted by Crippen LogP contribution is -1.94. The smallest absolute Gasteiger partial charge is 0.213 e. The van der Waals surface area contributed by atoms with E-state index < -0.39 is 5.95 Å². The summed E-state index contributed by atoms with van der Waals surface area (Å²) in [4.78, 5) is 7.79. The Balaban J connectivity index is 2.53. The van der Waals surface area contributed by atoms with Gasteiger partial charge >= 0.3 is 0 Å². The second-order valence-corrected chi connectivity index (χ2v) is 2.71. The average Bonchev–Trinajstić information content (AvgIpc) is 2.51. The lowest BCUT2D eigenvalue weighted by atomic mass is 10.3. The van der Waals surface area contributed by atoms with E-state index in [-0.39, 0.29) is 0 Å². The number of hydrogen-bond donors (Lipinski definition) is 0. The molecule has 0 saturated heterocycles. The third-order valence-corrected chi connectivity index (χ3v) is 1.77. The van der Waals surface area contributed by atoms with Crippen molar-refractivity contribution in [2.24, 2.45) is 7.05 Å². The Bertz CT molecular complexity index is 422. The fourth-order valence-corrected chi connectivity index (χ4v) is 1.15. The SMILES string of the molecule is Cn1ccnc1-c1cccc(F)n1. The molecule has 13 heavy (non-hydrogen) atoms. The summed E-state index contributed by atoms with van der Waals surface area (Å²) in [5.74, 6) is 0.181. The van der Waals surface area contributed by atoms with Gasteiger partial charge in [0.15, 0.2) is 5.82 Å². The number of pyridine rings is 1. The Morgan fingerprint density at radius 2 is 2.23 bits per heavy atom. The summed E-state index contributed by atoms with van der Waals surface area (Å²) in [6, 6.07) is 4.66. The van der Waals surface area contributed by atoms with E-state index in [9.17, 15) is 4.39 Å². The normalized spacial score (nSPS) is 10.3. The van der Waals surface area contributed by atoms with E-state index in [1.54, 1.807) is 29.1 Å². The second-order valence-electron chi connectivity index (χ2n) is 2.71. The summed E-state index contributed by atoms with van der Waals surface area (Å²) in [6.07, 6.45) is 3.45. The molecule has 0 radical (unpaired) electrons. The molecule has 0 atom stereocenters. The van der Waals surface area contributed by atoms with Crippen LogP contribution in [0.25, 0.3) is 11.5 Å². The highest BCUT2D eigenvalue weighted by molar-refractivity contribution is 5.48. The van der Waals surface area contributed by atoms with Gasteiger partial charge in [0.2, 0.25) is 5.95 Å². The van der Waals surface area contributed by atoms with Crippen molar-refractivity contribution in [2.75, 3.05) is 0 Å². The Labute approximate surface area is 74.9 Å². The highest BCUT2D eigenvalue weighted by Crippen LogP contribution is 2.12. The minimum atomic E-state index is -0.486. The van der Waals surface area contributed by atoms with E-state index in [1.807, 2.05) is 7.05 Å². The summed E-state index contributed by atoms with van der Waals surface area (Å²) < 4.78 is 14.5. The number of hydrogen-bond acceptors (Lipinski definition) is 2. The second kappa shape index (κ2) is 2.97. The minimum absolute atomic E-state index is 0.486. The molecule has 0 aliphatic carbocycles. The zero-order valence-electron chi connectivity index (χ0n) is 7.11. The number of halogens is 1. The van der Waals surface area contributed by atoms with E-state index in [1.165, 1.54) is 6.07 Å². The molecule has 2 heterocycles. The molecule has 2 aromatic heterocycles. The first kappa shape index (κ1) is 7.91. The van der Waals surface area contributed by atoms with Gasteiger partial charge in [0, 0.05) is 19.4 Å². The summed E-state index contributed by atoms with van der Waals surface area (Å²) >= 11 is 0. The van der Waals surface area contributed by atoms with Crippen molar-refractivity contribution in [3.63, 3.8) is 0 Å². The topological polar surface area (TPSA) is 30.7 Å². The van der Waals surface area contributed by atoms with Crippen LogP contribution in [0.15, 0.2) is 30.6 Å². The molecule has 2 aromatic rings. The van der Waals surface area contributed by atoms with Crippen LogP contribution in [0.4, 0.5) is 4.39 Å². The van der Waals surface area contributed by atoms with Gasteiger partial charge in [0.1, 0.15) is 5.69 Å². The molecule has 0 aromatic carbocycles. The zero-order chi connectivity index (χ0) is 9.26. The van der Waals surface area contributed by atoms with Crippen molar-refractivity contribution < 1.29 is 4.39 Å². The number of imidazole rings is 1. The van der Waals surface area contributed by atoms with Crippen molar-refractivity contribution >= 4 is 0 Å². The van der Waals surface area contributed by atoms with Gasteiger partial charge in [-0.25, -0.2) is 9.97 Å². The first-order valence-electron chi connectivity index (χ1n) is 3.87. The molecule has 0 aliphatic heterocycles. The third-order valence-electron chi connectivity index (χ3n) is 1.77. The molecular weight excluding hydrogens is 169 g/mol. The van der Waals surface area contributed by atoms with Crippen LogP contribution in [0.1, 0.15) is 0 Å². The molecule has 0 unspecified atom stereocenters. The summed E-state index contributed by atoms with van der Waals surface area (Å²) in [5, 5.41) is 0. The van der Waals surface area contributed by atoms with E-state index in [4.69, 9.17) is 0 Å². The predicted molar refractivity (Wildman–Crippen MR) is 46.4 cm³/mol. The van der Waals surface area contributed by atoms with Crippen molar-refractivity contribution in [1.82, 2.24) is 14.5 Å². The Morgan fingerprint density at radius 3 is 2.85 bits per heavy atom. The molecule has 0 amide bonds. The molecule has 0 spiro atoms. The number of nitrogens with zero attached hydrogens (tertiary/aromatic N) is 3. The molecule has 0 saturated carbocycles. The molecule has 3 nitrogen and oxygen atoms in total. The summed E-state index contributed by atoms with van der Waals surface area (Å²) in [7, 11) is 1.84. The van der Waals surface area contributed by atoms with Crippen molar-refractivity contribution in [2.45, 2.75) is 0 Å². The lowest BCUT2D eigenvalue weighted by molar-refractivity contribution is 0.584. The van der Waals surface area contributed by atoms with Crippen LogP contribution in [0.5, 0.6) is 0 Å². The lowest BCUT2D eigenvalue weighted by Gasteiger charge is -1.99. The maximum atomic E-state index is 12.7. The number of aryl methyl sites for hydroxylation is 1. The van der Waals surface area contributed by atoms with Crippen molar-refractivity contribution in [1.29, 1.82) is 0 Å². The highest BCUT2D eigenvalue weighted by atomic mass is 19.1. The Hall–Kier alpha value is -1.71. The van der Waals surface area contributed by atoms with E-state index in [0.29, 0.717) is 11.5 Å². The maximum Gasteiger partial charge on any atom is 0.213 e. The monoisotopic (exact) mass is 177 g/mol. The first-order valence-corrected chi connectivity index (χ1v) is 3.87. The maximum absolute atomic E-state index is 12.7. The van der Waals surface area contributed by atoms with Crippen LogP contribution in [-0.4, -0.2) is 14.5 Å². The molecule has 0 bridgehead atoms. The molecule has 0 aliphatic rings. The predicted octanol–water partition coefficient (Wildman–Crippen LogP) is 1.62. The van der Waals surface area contributed by atoms with Gasteiger partial charge in [-0.2, -0.15) is 4.39 Å². The summed E-state index contributed by atoms with van der Waals surface area (Å²) in [5.41, 5.74) is 0.549. The van der Waals surface area contributed by atoms with Crippen LogP contribution in [-0.2, 0) is 7.05 Å². The van der Waals surface area contributed by atoms with Gasteiger partial charge in [-0.1, -0.05) is 6.07 Å². The molecule has 4 heteroatoms. The molecule has 0 fully saturated rings. The van der Waals surface area contributed by atoms with Crippen LogP contribution in [0.2, 0.25) is 0 Å². The van der Waals surface area contributed by atoms with Crippen molar-refractivity contribution in [3.8, 4) is 11.5 Å².